The Bertz CT molecular complexity index is 800. The molecule has 1 aromatic heterocycles. The Hall–Kier alpha value is -2.42. The number of pyridine rings is 1. The van der Waals surface area contributed by atoms with Crippen molar-refractivity contribution in [2.24, 2.45) is 0 Å². The van der Waals surface area contributed by atoms with Gasteiger partial charge in [0, 0.05) is 0 Å². The van der Waals surface area contributed by atoms with Gasteiger partial charge < -0.3 is 0 Å². The van der Waals surface area contributed by atoms with Gasteiger partial charge in [0.15, 0.2) is 0 Å². The molecule has 0 saturated carbocycles. The maximum atomic E-state index is 10.8. The average molecular weight is 351 g/mol. The molecule has 0 spiro atoms. The van der Waals surface area contributed by atoms with Gasteiger partial charge in [0.25, 0.3) is 0 Å². The number of aromatic nitrogens is 1. The van der Waals surface area contributed by atoms with E-state index in [-0.39, 0.29) is 0 Å². The van der Waals surface area contributed by atoms with Crippen molar-refractivity contribution in [2.45, 2.75) is 0 Å². The Morgan fingerprint density at radius 3 is 2.05 bits per heavy atom. The normalized spacial score (nSPS) is 12.5. The molecular weight excluding hydrogens is 339 g/mol. The number of benzene rings is 2. The Kier molecular flexibility index (Phi) is 3.26. The monoisotopic (exact) mass is 352 g/mol. The standard InChI is InChI=1S/C18H12N2OSe/c21-12-13-9-10-18(19-11-13)20-14-5-1-3-7-16(14)22-17-8-4-2-6-15(17)20/h1-12H. The third-order valence-electron chi connectivity index (χ3n) is 3.57. The van der Waals surface area contributed by atoms with Gasteiger partial charge in [-0.3, -0.25) is 0 Å². The molecule has 2 aromatic carbocycles. The van der Waals surface area contributed by atoms with Crippen LogP contribution in [0.15, 0.2) is 66.9 Å². The first-order valence-electron chi connectivity index (χ1n) is 6.94. The summed E-state index contributed by atoms with van der Waals surface area (Å²) in [5, 5.41) is 0. The molecule has 4 rings (SSSR count). The van der Waals surface area contributed by atoms with E-state index < -0.39 is 0 Å². The van der Waals surface area contributed by atoms with Crippen LogP contribution in [0.1, 0.15) is 10.4 Å². The Labute approximate surface area is 134 Å². The molecule has 0 saturated heterocycles. The van der Waals surface area contributed by atoms with Gasteiger partial charge in [0.2, 0.25) is 0 Å². The molecular formula is C18H12N2OSe. The van der Waals surface area contributed by atoms with E-state index in [0.717, 1.165) is 12.1 Å². The molecule has 0 aliphatic carbocycles. The zero-order valence-electron chi connectivity index (χ0n) is 11.6. The maximum absolute atomic E-state index is 10.8. The van der Waals surface area contributed by atoms with Crippen molar-refractivity contribution < 1.29 is 4.79 Å². The number of carbonyl (C=O) groups is 1. The summed E-state index contributed by atoms with van der Waals surface area (Å²) >= 11 is 0.298. The van der Waals surface area contributed by atoms with E-state index in [1.54, 1.807) is 12.3 Å². The van der Waals surface area contributed by atoms with Gasteiger partial charge in [0.1, 0.15) is 0 Å². The Morgan fingerprint density at radius 2 is 1.50 bits per heavy atom. The van der Waals surface area contributed by atoms with Crippen molar-refractivity contribution in [1.29, 1.82) is 0 Å². The fourth-order valence-electron chi connectivity index (χ4n) is 2.55. The van der Waals surface area contributed by atoms with Crippen LogP contribution in [-0.4, -0.2) is 26.2 Å². The number of carbonyl (C=O) groups excluding carboxylic acids is 1. The zero-order chi connectivity index (χ0) is 14.9. The summed E-state index contributed by atoms with van der Waals surface area (Å²) in [5.74, 6) is 0.834. The quantitative estimate of drug-likeness (QED) is 0.411. The van der Waals surface area contributed by atoms with Crippen molar-refractivity contribution >= 4 is 47.4 Å². The van der Waals surface area contributed by atoms with Crippen LogP contribution >= 0.6 is 0 Å². The molecule has 0 bridgehead atoms. The molecule has 3 aromatic rings. The topological polar surface area (TPSA) is 33.2 Å². The van der Waals surface area contributed by atoms with E-state index in [1.165, 1.54) is 20.3 Å². The van der Waals surface area contributed by atoms with Gasteiger partial charge in [-0.05, 0) is 0 Å². The van der Waals surface area contributed by atoms with Crippen LogP contribution in [0, 0.1) is 0 Å². The fourth-order valence-corrected chi connectivity index (χ4v) is 4.77. The molecule has 1 aliphatic heterocycles. The van der Waals surface area contributed by atoms with Crippen molar-refractivity contribution in [3.8, 4) is 0 Å². The number of anilines is 3. The molecule has 2 heterocycles. The number of para-hydroxylation sites is 2. The van der Waals surface area contributed by atoms with E-state index in [9.17, 15) is 4.79 Å². The summed E-state index contributed by atoms with van der Waals surface area (Å²) in [4.78, 5) is 17.5. The van der Waals surface area contributed by atoms with Gasteiger partial charge in [-0.2, -0.15) is 0 Å². The minimum atomic E-state index is 0.298. The van der Waals surface area contributed by atoms with E-state index in [1.807, 2.05) is 6.07 Å². The van der Waals surface area contributed by atoms with Crippen molar-refractivity contribution in [3.63, 3.8) is 0 Å². The second kappa shape index (κ2) is 5.41. The SMILES string of the molecule is O=Cc1ccc(N2c3ccccc3[Se]c3ccccc32)nc1. The van der Waals surface area contributed by atoms with Gasteiger partial charge >= 0.3 is 134 Å². The molecule has 22 heavy (non-hydrogen) atoms. The van der Waals surface area contributed by atoms with Gasteiger partial charge in [-0.1, -0.05) is 0 Å². The predicted molar refractivity (Wildman–Crippen MR) is 89.3 cm³/mol. The summed E-state index contributed by atoms with van der Waals surface area (Å²) < 4.78 is 2.69. The van der Waals surface area contributed by atoms with Gasteiger partial charge in [0.05, 0.1) is 0 Å². The zero-order valence-corrected chi connectivity index (χ0v) is 13.4. The summed E-state index contributed by atoms with van der Waals surface area (Å²) in [5.41, 5.74) is 2.94. The number of fused-ring (bicyclic) bond motifs is 2. The third kappa shape index (κ3) is 2.13. The fraction of sp³-hybridized carbons (Fsp3) is 0. The van der Waals surface area contributed by atoms with Crippen LogP contribution < -0.4 is 13.8 Å². The summed E-state index contributed by atoms with van der Waals surface area (Å²) in [6.45, 7) is 0. The van der Waals surface area contributed by atoms with Crippen LogP contribution in [0.3, 0.4) is 0 Å². The van der Waals surface area contributed by atoms with Crippen LogP contribution in [0.2, 0.25) is 0 Å². The van der Waals surface area contributed by atoms with Crippen molar-refractivity contribution in [2.75, 3.05) is 4.90 Å². The number of hydrogen-bond donors (Lipinski definition) is 0. The first-order valence-corrected chi connectivity index (χ1v) is 8.65. The van der Waals surface area contributed by atoms with Gasteiger partial charge in [-0.25, -0.2) is 0 Å². The number of rotatable bonds is 2. The van der Waals surface area contributed by atoms with E-state index in [4.69, 9.17) is 0 Å². The summed E-state index contributed by atoms with van der Waals surface area (Å²) in [6, 6.07) is 20.6. The minimum absolute atomic E-state index is 0.298. The molecule has 0 unspecified atom stereocenters. The van der Waals surface area contributed by atoms with E-state index in [0.29, 0.717) is 20.5 Å². The molecule has 1 aliphatic rings. The van der Waals surface area contributed by atoms with Crippen molar-refractivity contribution in [1.82, 2.24) is 4.98 Å². The number of hydrogen-bond acceptors (Lipinski definition) is 3. The first kappa shape index (κ1) is 13.3. The molecule has 0 atom stereocenters. The first-order chi connectivity index (χ1) is 10.9. The molecule has 0 radical (unpaired) electrons. The predicted octanol–water partition coefficient (Wildman–Crippen LogP) is 2.33. The summed E-state index contributed by atoms with van der Waals surface area (Å²) in [6.07, 6.45) is 2.44. The third-order valence-corrected chi connectivity index (χ3v) is 5.94. The molecule has 3 nitrogen and oxygen atoms in total. The molecule has 4 heteroatoms. The second-order valence-electron chi connectivity index (χ2n) is 4.94. The average Bonchev–Trinajstić information content (AvgIpc) is 2.60. The second-order valence-corrected chi connectivity index (χ2v) is 7.21. The van der Waals surface area contributed by atoms with Gasteiger partial charge in [-0.15, -0.1) is 0 Å². The van der Waals surface area contributed by atoms with Crippen LogP contribution in [-0.2, 0) is 0 Å². The van der Waals surface area contributed by atoms with Crippen LogP contribution in [0.5, 0.6) is 0 Å². The molecule has 0 fully saturated rings. The van der Waals surface area contributed by atoms with E-state index >= 15 is 0 Å². The molecule has 106 valence electrons. The number of aldehydes is 1. The van der Waals surface area contributed by atoms with E-state index in [2.05, 4.69) is 58.4 Å². The van der Waals surface area contributed by atoms with Crippen molar-refractivity contribution in [3.05, 3.63) is 72.4 Å². The molecule has 0 amide bonds. The Balaban J connectivity index is 1.92. The van der Waals surface area contributed by atoms with Crippen LogP contribution in [0.4, 0.5) is 17.2 Å². The summed E-state index contributed by atoms with van der Waals surface area (Å²) in [7, 11) is 0. The van der Waals surface area contributed by atoms with Crippen LogP contribution in [0.25, 0.3) is 0 Å². The number of nitrogens with zero attached hydrogens (tertiary/aromatic N) is 2. The molecule has 0 N–H and O–H groups in total. The Morgan fingerprint density at radius 1 is 0.864 bits per heavy atom.